The Balaban J connectivity index is 1.68. The molecule has 0 atom stereocenters. The van der Waals surface area contributed by atoms with Gasteiger partial charge in [0.25, 0.3) is 0 Å². The number of H-pyrrole nitrogens is 1. The molecule has 4 aromatic rings. The minimum Gasteiger partial charge on any atom is -0.493 e. The van der Waals surface area contributed by atoms with Gasteiger partial charge in [0, 0.05) is 10.8 Å². The van der Waals surface area contributed by atoms with Crippen LogP contribution in [0.1, 0.15) is 0 Å². The number of thiophene rings is 1. The second kappa shape index (κ2) is 5.36. The highest BCUT2D eigenvalue weighted by Crippen LogP contribution is 2.37. The van der Waals surface area contributed by atoms with Crippen molar-refractivity contribution < 1.29 is 5.11 Å². The number of hydrogen-bond acceptors (Lipinski definition) is 6. The number of para-hydroxylation sites is 1. The van der Waals surface area contributed by atoms with Crippen LogP contribution in [-0.2, 0) is 0 Å². The summed E-state index contributed by atoms with van der Waals surface area (Å²) >= 11 is 3.06. The van der Waals surface area contributed by atoms with Crippen LogP contribution in [0.4, 0.5) is 10.8 Å². The normalized spacial score (nSPS) is 11.6. The van der Waals surface area contributed by atoms with Crippen LogP contribution in [0.2, 0.25) is 0 Å². The van der Waals surface area contributed by atoms with E-state index in [0.29, 0.717) is 10.8 Å². The number of azo groups is 1. The summed E-state index contributed by atoms with van der Waals surface area (Å²) in [7, 11) is 0. The molecule has 2 N–H and O–H groups in total. The average Bonchev–Trinajstić information content (AvgIpc) is 3.24. The maximum atomic E-state index is 9.94. The maximum absolute atomic E-state index is 9.94. The van der Waals surface area contributed by atoms with Crippen LogP contribution in [0.25, 0.3) is 21.5 Å². The van der Waals surface area contributed by atoms with Gasteiger partial charge in [-0.2, -0.15) is 0 Å². The minimum absolute atomic E-state index is 0.0139. The molecule has 0 aliphatic rings. The van der Waals surface area contributed by atoms with Crippen molar-refractivity contribution in [3.8, 4) is 16.5 Å². The quantitative estimate of drug-likeness (QED) is 0.490. The third-order valence-electron chi connectivity index (χ3n) is 3.16. The zero-order valence-electron chi connectivity index (χ0n) is 11.2. The lowest BCUT2D eigenvalue weighted by Crippen LogP contribution is -1.68. The Morgan fingerprint density at radius 3 is 2.82 bits per heavy atom. The lowest BCUT2D eigenvalue weighted by molar-refractivity contribution is 0.459. The first-order valence-electron chi connectivity index (χ1n) is 6.52. The summed E-state index contributed by atoms with van der Waals surface area (Å²) in [5.74, 6) is 0.0139. The van der Waals surface area contributed by atoms with Crippen molar-refractivity contribution >= 4 is 44.4 Å². The molecular formula is C15H10N4OS2. The lowest BCUT2D eigenvalue weighted by Gasteiger charge is -1.90. The highest BCUT2D eigenvalue weighted by atomic mass is 32.1. The number of aromatic hydroxyl groups is 1. The molecule has 3 aromatic heterocycles. The van der Waals surface area contributed by atoms with Crippen LogP contribution in [-0.4, -0.2) is 15.1 Å². The van der Waals surface area contributed by atoms with Gasteiger partial charge in [0.2, 0.25) is 11.0 Å². The minimum atomic E-state index is 0.0139. The fourth-order valence-electron chi connectivity index (χ4n) is 2.15. The molecule has 0 radical (unpaired) electrons. The highest BCUT2D eigenvalue weighted by molar-refractivity contribution is 7.15. The Labute approximate surface area is 133 Å². The van der Waals surface area contributed by atoms with E-state index in [9.17, 15) is 5.11 Å². The maximum Gasteiger partial charge on any atom is 0.230 e. The zero-order valence-corrected chi connectivity index (χ0v) is 12.9. The molecule has 1 aromatic carbocycles. The molecule has 0 unspecified atom stereocenters. The van der Waals surface area contributed by atoms with E-state index in [1.807, 2.05) is 47.2 Å². The number of rotatable bonds is 3. The standard InChI is InChI=1S/C15H10N4OS2/c20-14-13(9-4-1-2-5-10(9)16-14)18-19-15-17-11(8-22-15)12-6-3-7-21-12/h1-8,16,20H. The second-order valence-corrected chi connectivity index (χ2v) is 6.34. The summed E-state index contributed by atoms with van der Waals surface area (Å²) in [5, 5.41) is 23.6. The Kier molecular flexibility index (Phi) is 3.21. The summed E-state index contributed by atoms with van der Waals surface area (Å²) in [6.07, 6.45) is 0. The van der Waals surface area contributed by atoms with Gasteiger partial charge in [0.1, 0.15) is 0 Å². The molecule has 0 fully saturated rings. The summed E-state index contributed by atoms with van der Waals surface area (Å²) < 4.78 is 0. The molecule has 0 bridgehead atoms. The van der Waals surface area contributed by atoms with Gasteiger partial charge in [-0.25, -0.2) is 4.98 Å². The van der Waals surface area contributed by atoms with Gasteiger partial charge in [0.15, 0.2) is 5.69 Å². The van der Waals surface area contributed by atoms with Crippen LogP contribution in [0.5, 0.6) is 5.88 Å². The first-order valence-corrected chi connectivity index (χ1v) is 8.28. The van der Waals surface area contributed by atoms with Gasteiger partial charge < -0.3 is 10.1 Å². The van der Waals surface area contributed by atoms with E-state index < -0.39 is 0 Å². The van der Waals surface area contributed by atoms with E-state index in [0.717, 1.165) is 21.5 Å². The zero-order chi connectivity index (χ0) is 14.9. The van der Waals surface area contributed by atoms with Crippen LogP contribution >= 0.6 is 22.7 Å². The smallest absolute Gasteiger partial charge is 0.230 e. The summed E-state index contributed by atoms with van der Waals surface area (Å²) in [6, 6.07) is 11.6. The third-order valence-corrected chi connectivity index (χ3v) is 4.78. The summed E-state index contributed by atoms with van der Waals surface area (Å²) in [6.45, 7) is 0. The van der Waals surface area contributed by atoms with Crippen LogP contribution in [0.3, 0.4) is 0 Å². The lowest BCUT2D eigenvalue weighted by atomic mass is 10.2. The number of thiazole rings is 1. The number of nitrogens with one attached hydrogen (secondary N) is 1. The highest BCUT2D eigenvalue weighted by Gasteiger charge is 2.10. The van der Waals surface area contributed by atoms with E-state index in [-0.39, 0.29) is 5.88 Å². The number of benzene rings is 1. The average molecular weight is 326 g/mol. The number of aromatic nitrogens is 2. The van der Waals surface area contributed by atoms with Gasteiger partial charge in [-0.05, 0) is 17.5 Å². The molecule has 5 nitrogen and oxygen atoms in total. The molecule has 0 spiro atoms. The van der Waals surface area contributed by atoms with Crippen molar-refractivity contribution in [1.82, 2.24) is 9.97 Å². The van der Waals surface area contributed by atoms with Crippen molar-refractivity contribution in [1.29, 1.82) is 0 Å². The van der Waals surface area contributed by atoms with E-state index in [1.54, 1.807) is 11.3 Å². The van der Waals surface area contributed by atoms with Crippen molar-refractivity contribution in [3.05, 3.63) is 47.2 Å². The Morgan fingerprint density at radius 2 is 1.95 bits per heavy atom. The molecule has 0 saturated heterocycles. The van der Waals surface area contributed by atoms with Crippen molar-refractivity contribution in [3.63, 3.8) is 0 Å². The van der Waals surface area contributed by atoms with E-state index in [2.05, 4.69) is 20.2 Å². The second-order valence-electron chi connectivity index (χ2n) is 4.56. The predicted octanol–water partition coefficient (Wildman–Crippen LogP) is 5.47. The van der Waals surface area contributed by atoms with Gasteiger partial charge in [-0.15, -0.1) is 32.9 Å². The number of fused-ring (bicyclic) bond motifs is 1. The Morgan fingerprint density at radius 1 is 1.05 bits per heavy atom. The molecular weight excluding hydrogens is 316 g/mol. The van der Waals surface area contributed by atoms with Gasteiger partial charge >= 0.3 is 0 Å². The number of hydrogen-bond donors (Lipinski definition) is 2. The Bertz CT molecular complexity index is 953. The molecule has 0 amide bonds. The number of nitrogens with zero attached hydrogens (tertiary/aromatic N) is 3. The molecule has 3 heterocycles. The predicted molar refractivity (Wildman–Crippen MR) is 89.6 cm³/mol. The molecule has 108 valence electrons. The van der Waals surface area contributed by atoms with E-state index in [4.69, 9.17) is 0 Å². The van der Waals surface area contributed by atoms with Crippen molar-refractivity contribution in [2.45, 2.75) is 0 Å². The Hall–Kier alpha value is -2.51. The van der Waals surface area contributed by atoms with Crippen molar-refractivity contribution in [2.24, 2.45) is 10.2 Å². The fraction of sp³-hybridized carbons (Fsp3) is 0. The SMILES string of the molecule is Oc1[nH]c2ccccc2c1N=Nc1nc(-c2cccs2)cs1. The first kappa shape index (κ1) is 13.2. The molecule has 0 aliphatic heterocycles. The first-order chi connectivity index (χ1) is 10.8. The van der Waals surface area contributed by atoms with Crippen LogP contribution < -0.4 is 0 Å². The number of aromatic amines is 1. The van der Waals surface area contributed by atoms with Gasteiger partial charge in [-0.3, -0.25) is 0 Å². The third kappa shape index (κ3) is 2.30. The topological polar surface area (TPSA) is 73.6 Å². The van der Waals surface area contributed by atoms with Crippen LogP contribution in [0.15, 0.2) is 57.4 Å². The fourth-order valence-corrected chi connectivity index (χ4v) is 3.55. The van der Waals surface area contributed by atoms with Gasteiger partial charge in [-0.1, -0.05) is 24.3 Å². The van der Waals surface area contributed by atoms with E-state index in [1.165, 1.54) is 11.3 Å². The molecule has 7 heteroatoms. The summed E-state index contributed by atoms with van der Waals surface area (Å²) in [5.41, 5.74) is 2.16. The largest absolute Gasteiger partial charge is 0.493 e. The monoisotopic (exact) mass is 326 g/mol. The van der Waals surface area contributed by atoms with Gasteiger partial charge in [0.05, 0.1) is 16.1 Å². The van der Waals surface area contributed by atoms with Crippen LogP contribution in [0, 0.1) is 0 Å². The van der Waals surface area contributed by atoms with Crippen molar-refractivity contribution in [2.75, 3.05) is 0 Å². The molecule has 0 saturated carbocycles. The molecule has 22 heavy (non-hydrogen) atoms. The summed E-state index contributed by atoms with van der Waals surface area (Å²) in [4.78, 5) is 8.42. The molecule has 4 rings (SSSR count). The van der Waals surface area contributed by atoms with E-state index >= 15 is 0 Å². The molecule has 0 aliphatic carbocycles.